The molecule has 10 nitrogen and oxygen atoms in total. The van der Waals surface area contributed by atoms with Crippen molar-refractivity contribution in [3.63, 3.8) is 0 Å². The van der Waals surface area contributed by atoms with Crippen molar-refractivity contribution in [3.05, 3.63) is 94.7 Å². The van der Waals surface area contributed by atoms with E-state index in [1.165, 1.54) is 17.4 Å². The zero-order valence-corrected chi connectivity index (χ0v) is 18.2. The third kappa shape index (κ3) is 4.08. The number of aromatic nitrogens is 4. The molecule has 1 amide bonds. The number of hydrogen-bond donors (Lipinski definition) is 0. The van der Waals surface area contributed by atoms with Gasteiger partial charge in [-0.3, -0.25) is 9.32 Å². The Morgan fingerprint density at radius 2 is 1.79 bits per heavy atom. The van der Waals surface area contributed by atoms with Crippen LogP contribution in [0.3, 0.4) is 0 Å². The van der Waals surface area contributed by atoms with Gasteiger partial charge in [-0.2, -0.15) is 5.10 Å². The summed E-state index contributed by atoms with van der Waals surface area (Å²) in [6.45, 7) is -0.325. The van der Waals surface area contributed by atoms with E-state index in [1.807, 2.05) is 54.6 Å². The van der Waals surface area contributed by atoms with Crippen LogP contribution >= 0.6 is 0 Å². The molecule has 0 N–H and O–H groups in total. The molecule has 34 heavy (non-hydrogen) atoms. The number of amides is 1. The molecule has 3 heterocycles. The van der Waals surface area contributed by atoms with Crippen LogP contribution in [0.15, 0.2) is 87.5 Å². The Hall–Kier alpha value is -4.60. The molecule has 0 spiro atoms. The Kier molecular flexibility index (Phi) is 5.69. The van der Waals surface area contributed by atoms with Crippen molar-refractivity contribution in [2.24, 2.45) is 5.10 Å². The molecule has 4 aromatic rings. The molecular formula is C24H20N6O4. The van der Waals surface area contributed by atoms with Crippen molar-refractivity contribution in [1.82, 2.24) is 24.7 Å². The normalized spacial score (nSPS) is 15.3. The molecule has 2 aromatic carbocycles. The first-order chi connectivity index (χ1) is 16.6. The molecule has 1 atom stereocenters. The average molecular weight is 456 g/mol. The second kappa shape index (κ2) is 9.10. The fourth-order valence-corrected chi connectivity index (χ4v) is 3.82. The third-order valence-corrected chi connectivity index (χ3v) is 5.52. The number of nitrogens with zero attached hydrogens (tertiary/aromatic N) is 6. The average Bonchev–Trinajstić information content (AvgIpc) is 3.50. The number of hydrogen-bond acceptors (Lipinski definition) is 8. The minimum atomic E-state index is -0.775. The number of rotatable bonds is 6. The molecule has 1 aliphatic heterocycles. The molecule has 170 valence electrons. The summed E-state index contributed by atoms with van der Waals surface area (Å²) < 4.78 is 11.2. The highest BCUT2D eigenvalue weighted by atomic mass is 16.5. The fraction of sp³-hybridized carbons (Fsp3) is 0.167. The van der Waals surface area contributed by atoms with E-state index in [0.717, 1.165) is 21.4 Å². The minimum absolute atomic E-state index is 0.0754. The van der Waals surface area contributed by atoms with Gasteiger partial charge in [-0.15, -0.1) is 0 Å². The molecule has 0 bridgehead atoms. The first kappa shape index (κ1) is 21.3. The highest BCUT2D eigenvalue weighted by molar-refractivity contribution is 6.03. The van der Waals surface area contributed by atoms with E-state index in [4.69, 9.17) is 9.26 Å². The van der Waals surface area contributed by atoms with Gasteiger partial charge >= 0.3 is 5.76 Å². The number of hydrazone groups is 1. The number of ether oxygens (including phenoxy) is 1. The monoisotopic (exact) mass is 456 g/mol. The van der Waals surface area contributed by atoms with Gasteiger partial charge in [0.2, 0.25) is 5.82 Å². The topological polar surface area (TPSA) is 116 Å². The van der Waals surface area contributed by atoms with Crippen molar-refractivity contribution in [2.45, 2.75) is 19.0 Å². The Labute approximate surface area is 194 Å². The van der Waals surface area contributed by atoms with Crippen LogP contribution in [-0.2, 0) is 11.3 Å². The number of methoxy groups -OCH3 is 1. The van der Waals surface area contributed by atoms with E-state index < -0.39 is 11.7 Å². The van der Waals surface area contributed by atoms with E-state index in [-0.39, 0.29) is 24.2 Å². The Balaban J connectivity index is 1.49. The summed E-state index contributed by atoms with van der Waals surface area (Å²) in [5.74, 6) is -0.195. The van der Waals surface area contributed by atoms with Crippen LogP contribution in [0.1, 0.15) is 23.6 Å². The van der Waals surface area contributed by atoms with Crippen LogP contribution in [-0.4, -0.2) is 43.4 Å². The van der Waals surface area contributed by atoms with Crippen LogP contribution in [0.25, 0.3) is 11.6 Å². The lowest BCUT2D eigenvalue weighted by atomic mass is 9.98. The summed E-state index contributed by atoms with van der Waals surface area (Å²) in [5, 5.41) is 9.81. The van der Waals surface area contributed by atoms with Crippen molar-refractivity contribution in [3.8, 4) is 17.4 Å². The van der Waals surface area contributed by atoms with E-state index in [1.54, 1.807) is 13.2 Å². The van der Waals surface area contributed by atoms with Gasteiger partial charge in [-0.25, -0.2) is 24.3 Å². The molecule has 0 radical (unpaired) electrons. The molecule has 5 rings (SSSR count). The predicted molar refractivity (Wildman–Crippen MR) is 122 cm³/mol. The largest absolute Gasteiger partial charge is 0.497 e. The molecule has 0 fully saturated rings. The summed E-state index contributed by atoms with van der Waals surface area (Å²) in [6.07, 6.45) is 3.56. The molecule has 1 unspecified atom stereocenters. The van der Waals surface area contributed by atoms with Gasteiger partial charge in [0.25, 0.3) is 5.91 Å². The number of carbonyl (C=O) groups is 1. The first-order valence-electron chi connectivity index (χ1n) is 10.6. The van der Waals surface area contributed by atoms with Crippen LogP contribution in [0, 0.1) is 0 Å². The summed E-state index contributed by atoms with van der Waals surface area (Å²) in [5.41, 5.74) is 2.60. The van der Waals surface area contributed by atoms with Gasteiger partial charge in [-0.05, 0) is 29.3 Å². The standard InChI is InChI=1S/C24H20N6O4/c1-33-18-10-8-17(9-11-18)20-14-19(16-6-3-2-4-7-16)27-30(20)21(31)15-29-23(28-34-24(29)32)22-25-12-5-13-26-22/h2-13,20H,14-15H2,1H3. The van der Waals surface area contributed by atoms with Crippen molar-refractivity contribution < 1.29 is 14.1 Å². The van der Waals surface area contributed by atoms with Gasteiger partial charge in [0.15, 0.2) is 5.82 Å². The van der Waals surface area contributed by atoms with E-state index in [2.05, 4.69) is 20.2 Å². The van der Waals surface area contributed by atoms with E-state index >= 15 is 0 Å². The molecule has 1 aliphatic rings. The maximum absolute atomic E-state index is 13.5. The first-order valence-corrected chi connectivity index (χ1v) is 10.6. The number of carbonyl (C=O) groups excluding carboxylic acids is 1. The highest BCUT2D eigenvalue weighted by Crippen LogP contribution is 2.34. The van der Waals surface area contributed by atoms with Gasteiger partial charge in [-0.1, -0.05) is 47.6 Å². The Morgan fingerprint density at radius 3 is 2.50 bits per heavy atom. The Bertz CT molecular complexity index is 1380. The lowest BCUT2D eigenvalue weighted by Crippen LogP contribution is -2.33. The van der Waals surface area contributed by atoms with E-state index in [9.17, 15) is 9.59 Å². The quantitative estimate of drug-likeness (QED) is 0.438. The lowest BCUT2D eigenvalue weighted by molar-refractivity contribution is -0.133. The zero-order chi connectivity index (χ0) is 23.5. The molecule has 2 aromatic heterocycles. The van der Waals surface area contributed by atoms with E-state index in [0.29, 0.717) is 12.2 Å². The number of benzene rings is 2. The van der Waals surface area contributed by atoms with Crippen LogP contribution < -0.4 is 10.5 Å². The molecule has 0 aliphatic carbocycles. The Morgan fingerprint density at radius 1 is 1.06 bits per heavy atom. The highest BCUT2D eigenvalue weighted by Gasteiger charge is 2.34. The lowest BCUT2D eigenvalue weighted by Gasteiger charge is -2.22. The zero-order valence-electron chi connectivity index (χ0n) is 18.2. The fourth-order valence-electron chi connectivity index (χ4n) is 3.82. The van der Waals surface area contributed by atoms with Gasteiger partial charge in [0, 0.05) is 18.8 Å². The maximum Gasteiger partial charge on any atom is 0.442 e. The second-order valence-electron chi connectivity index (χ2n) is 7.57. The van der Waals surface area contributed by atoms with Gasteiger partial charge < -0.3 is 4.74 Å². The molecule has 10 heteroatoms. The summed E-state index contributed by atoms with van der Waals surface area (Å²) in [7, 11) is 1.60. The van der Waals surface area contributed by atoms with Crippen molar-refractivity contribution in [1.29, 1.82) is 0 Å². The molecular weight excluding hydrogens is 436 g/mol. The SMILES string of the molecule is COc1ccc(C2CC(c3ccccc3)=NN2C(=O)Cn2c(-c3ncccn3)noc2=O)cc1. The predicted octanol–water partition coefficient (Wildman–Crippen LogP) is 2.68. The molecule has 0 saturated heterocycles. The van der Waals surface area contributed by atoms with Crippen molar-refractivity contribution >= 4 is 11.6 Å². The summed E-state index contributed by atoms with van der Waals surface area (Å²) in [6, 6.07) is 18.5. The second-order valence-corrected chi connectivity index (χ2v) is 7.57. The molecule has 0 saturated carbocycles. The van der Waals surface area contributed by atoms with Crippen LogP contribution in [0.5, 0.6) is 5.75 Å². The summed E-state index contributed by atoms with van der Waals surface area (Å²) in [4.78, 5) is 34.0. The van der Waals surface area contributed by atoms with Crippen LogP contribution in [0.2, 0.25) is 0 Å². The smallest absolute Gasteiger partial charge is 0.442 e. The van der Waals surface area contributed by atoms with Gasteiger partial charge in [0.05, 0.1) is 18.9 Å². The third-order valence-electron chi connectivity index (χ3n) is 5.52. The van der Waals surface area contributed by atoms with Crippen molar-refractivity contribution in [2.75, 3.05) is 7.11 Å². The van der Waals surface area contributed by atoms with Gasteiger partial charge in [0.1, 0.15) is 12.3 Å². The maximum atomic E-state index is 13.5. The summed E-state index contributed by atoms with van der Waals surface area (Å²) >= 11 is 0. The minimum Gasteiger partial charge on any atom is -0.497 e. The van der Waals surface area contributed by atoms with Crippen LogP contribution in [0.4, 0.5) is 0 Å².